The predicted octanol–water partition coefficient (Wildman–Crippen LogP) is 5.99. The average molecular weight is 579 g/mol. The summed E-state index contributed by atoms with van der Waals surface area (Å²) >= 11 is 6.57. The maximum absolute atomic E-state index is 13.1. The number of imidazole rings is 1. The Morgan fingerprint density at radius 2 is 1.98 bits per heavy atom. The molecule has 41 heavy (non-hydrogen) atoms. The van der Waals surface area contributed by atoms with E-state index in [1.54, 1.807) is 29.2 Å². The van der Waals surface area contributed by atoms with Crippen molar-refractivity contribution in [1.82, 2.24) is 29.3 Å². The Bertz CT molecular complexity index is 1690. The number of aromatic nitrogens is 6. The normalized spacial score (nSPS) is 12.8. The molecule has 0 atom stereocenters. The first kappa shape index (κ1) is 28.2. The van der Waals surface area contributed by atoms with Crippen LogP contribution in [-0.4, -0.2) is 35.8 Å². The second-order valence-electron chi connectivity index (χ2n) is 10.1. The summed E-state index contributed by atoms with van der Waals surface area (Å²) in [6, 6.07) is 5.74. The topological polar surface area (TPSA) is 88.5 Å². The lowest BCUT2D eigenvalue weighted by Crippen LogP contribution is -2.26. The van der Waals surface area contributed by atoms with Crippen LogP contribution in [0.1, 0.15) is 54.4 Å². The number of pyridine rings is 2. The van der Waals surface area contributed by atoms with Gasteiger partial charge in [-0.05, 0) is 50.3 Å². The standard InChI is InChI=1S/C29H26ClF3N8/c1-5-11-40(15-18-9-10-23(35-13-18)28-38-24(16-39(28)4)29(31,32)33)26-19-7-6-8-22(19)37-25(20(26)12-34)27-21(30)14-36-41(27)17(2)3/h1,9-10,13-14,16-17H,6-8,11,15H2,2-4H3. The Hall–Kier alpha value is -4.35. The number of hydrogen-bond acceptors (Lipinski definition) is 6. The number of terminal acetylenes is 1. The molecule has 4 aromatic rings. The second kappa shape index (κ2) is 10.9. The summed E-state index contributed by atoms with van der Waals surface area (Å²) in [7, 11) is 1.49. The first-order valence-corrected chi connectivity index (χ1v) is 13.3. The van der Waals surface area contributed by atoms with Crippen molar-refractivity contribution in [3.05, 3.63) is 63.8 Å². The Kier molecular flexibility index (Phi) is 7.50. The van der Waals surface area contributed by atoms with Crippen LogP contribution in [0.2, 0.25) is 5.02 Å². The largest absolute Gasteiger partial charge is 0.434 e. The monoisotopic (exact) mass is 578 g/mol. The van der Waals surface area contributed by atoms with E-state index in [2.05, 4.69) is 27.1 Å². The number of rotatable bonds is 7. The fourth-order valence-corrected chi connectivity index (χ4v) is 5.40. The fraction of sp³-hybridized carbons (Fsp3) is 0.345. The van der Waals surface area contributed by atoms with Gasteiger partial charge in [0.15, 0.2) is 11.5 Å². The van der Waals surface area contributed by atoms with Gasteiger partial charge < -0.3 is 9.47 Å². The Balaban J connectivity index is 1.56. The van der Waals surface area contributed by atoms with Crippen molar-refractivity contribution in [3.8, 4) is 41.3 Å². The molecule has 8 nitrogen and oxygen atoms in total. The minimum absolute atomic E-state index is 0.0140. The molecule has 0 aliphatic heterocycles. The van der Waals surface area contributed by atoms with E-state index in [1.165, 1.54) is 11.6 Å². The van der Waals surface area contributed by atoms with Crippen molar-refractivity contribution in [2.24, 2.45) is 7.05 Å². The van der Waals surface area contributed by atoms with E-state index in [0.717, 1.165) is 42.3 Å². The van der Waals surface area contributed by atoms with Gasteiger partial charge >= 0.3 is 6.18 Å². The molecule has 4 heterocycles. The molecular weight excluding hydrogens is 553 g/mol. The maximum Gasteiger partial charge on any atom is 0.434 e. The predicted molar refractivity (Wildman–Crippen MR) is 149 cm³/mol. The molecule has 210 valence electrons. The van der Waals surface area contributed by atoms with E-state index in [0.29, 0.717) is 39.9 Å². The zero-order valence-corrected chi connectivity index (χ0v) is 23.4. The lowest BCUT2D eigenvalue weighted by molar-refractivity contribution is -0.140. The highest BCUT2D eigenvalue weighted by atomic mass is 35.5. The van der Waals surface area contributed by atoms with E-state index in [-0.39, 0.29) is 18.4 Å². The molecule has 0 N–H and O–H groups in total. The van der Waals surface area contributed by atoms with E-state index in [4.69, 9.17) is 23.0 Å². The van der Waals surface area contributed by atoms with Crippen LogP contribution < -0.4 is 4.90 Å². The lowest BCUT2D eigenvalue weighted by Gasteiger charge is -2.27. The molecular formula is C29H26ClF3N8. The molecule has 0 aromatic carbocycles. The zero-order valence-electron chi connectivity index (χ0n) is 22.7. The van der Waals surface area contributed by atoms with Crippen molar-refractivity contribution < 1.29 is 13.2 Å². The molecule has 0 radical (unpaired) electrons. The number of hydrogen-bond donors (Lipinski definition) is 0. The van der Waals surface area contributed by atoms with Crippen molar-refractivity contribution in [3.63, 3.8) is 0 Å². The van der Waals surface area contributed by atoms with Gasteiger partial charge in [-0.2, -0.15) is 23.5 Å². The van der Waals surface area contributed by atoms with Crippen molar-refractivity contribution in [1.29, 1.82) is 5.26 Å². The van der Waals surface area contributed by atoms with Crippen LogP contribution in [0.4, 0.5) is 18.9 Å². The third-order valence-corrected chi connectivity index (χ3v) is 7.24. The number of anilines is 1. The van der Waals surface area contributed by atoms with E-state index < -0.39 is 11.9 Å². The van der Waals surface area contributed by atoms with E-state index in [1.807, 2.05) is 18.7 Å². The SMILES string of the molecule is C#CCN(Cc1ccc(-c2nc(C(F)(F)F)cn2C)nc1)c1c(C#N)c(-c2c(Cl)cnn2C(C)C)nc2c1CCC2. The maximum atomic E-state index is 13.1. The number of aryl methyl sites for hydroxylation is 2. The number of nitrogens with zero attached hydrogens (tertiary/aromatic N) is 8. The minimum atomic E-state index is -4.55. The summed E-state index contributed by atoms with van der Waals surface area (Å²) in [4.78, 5) is 15.0. The van der Waals surface area contributed by atoms with Gasteiger partial charge in [-0.25, -0.2) is 9.97 Å². The highest BCUT2D eigenvalue weighted by Gasteiger charge is 2.35. The Morgan fingerprint density at radius 3 is 2.59 bits per heavy atom. The summed E-state index contributed by atoms with van der Waals surface area (Å²) in [6.45, 7) is 4.47. The third kappa shape index (κ3) is 5.25. The molecule has 0 amide bonds. The van der Waals surface area contributed by atoms with Gasteiger partial charge in [-0.1, -0.05) is 23.6 Å². The summed E-state index contributed by atoms with van der Waals surface area (Å²) in [5, 5.41) is 15.2. The van der Waals surface area contributed by atoms with Crippen LogP contribution in [0.5, 0.6) is 0 Å². The number of halogens is 4. The molecule has 5 rings (SSSR count). The summed E-state index contributed by atoms with van der Waals surface area (Å²) in [5.41, 5.74) is 4.06. The van der Waals surface area contributed by atoms with Crippen molar-refractivity contribution in [2.45, 2.75) is 51.9 Å². The molecule has 0 bridgehead atoms. The summed E-state index contributed by atoms with van der Waals surface area (Å²) in [6.07, 6.45) is 7.72. The Morgan fingerprint density at radius 1 is 1.20 bits per heavy atom. The molecule has 0 fully saturated rings. The Labute approximate surface area is 240 Å². The van der Waals surface area contributed by atoms with Crippen LogP contribution in [0, 0.1) is 23.7 Å². The summed E-state index contributed by atoms with van der Waals surface area (Å²) < 4.78 is 42.5. The fourth-order valence-electron chi connectivity index (χ4n) is 5.18. The molecule has 1 aliphatic rings. The van der Waals surface area contributed by atoms with Gasteiger partial charge in [-0.3, -0.25) is 9.67 Å². The minimum Gasteiger partial charge on any atom is -0.355 e. The van der Waals surface area contributed by atoms with Gasteiger partial charge in [0.2, 0.25) is 0 Å². The molecule has 4 aromatic heterocycles. The molecule has 0 saturated carbocycles. The van der Waals surface area contributed by atoms with Gasteiger partial charge in [0.1, 0.15) is 28.7 Å². The molecule has 12 heteroatoms. The van der Waals surface area contributed by atoms with Crippen LogP contribution in [0.15, 0.2) is 30.7 Å². The average Bonchev–Trinajstić information content (AvgIpc) is 3.65. The highest BCUT2D eigenvalue weighted by Crippen LogP contribution is 2.41. The van der Waals surface area contributed by atoms with Crippen molar-refractivity contribution in [2.75, 3.05) is 11.4 Å². The second-order valence-corrected chi connectivity index (χ2v) is 10.5. The smallest absolute Gasteiger partial charge is 0.355 e. The molecule has 0 saturated heterocycles. The molecule has 0 unspecified atom stereocenters. The lowest BCUT2D eigenvalue weighted by atomic mass is 10.0. The number of alkyl halides is 3. The summed E-state index contributed by atoms with van der Waals surface area (Å²) in [5.74, 6) is 2.80. The van der Waals surface area contributed by atoms with Crippen molar-refractivity contribution >= 4 is 17.3 Å². The molecule has 0 spiro atoms. The van der Waals surface area contributed by atoms with Crippen LogP contribution in [-0.2, 0) is 32.6 Å². The third-order valence-electron chi connectivity index (χ3n) is 6.96. The first-order chi connectivity index (χ1) is 19.5. The van der Waals surface area contributed by atoms with Gasteiger partial charge in [0.25, 0.3) is 0 Å². The van der Waals surface area contributed by atoms with Gasteiger partial charge in [0.05, 0.1) is 23.5 Å². The molecule has 1 aliphatic carbocycles. The van der Waals surface area contributed by atoms with Crippen LogP contribution in [0.3, 0.4) is 0 Å². The zero-order chi connectivity index (χ0) is 29.5. The van der Waals surface area contributed by atoms with E-state index >= 15 is 0 Å². The van der Waals surface area contributed by atoms with Gasteiger partial charge in [-0.15, -0.1) is 6.42 Å². The highest BCUT2D eigenvalue weighted by molar-refractivity contribution is 6.33. The number of fused-ring (bicyclic) bond motifs is 1. The van der Waals surface area contributed by atoms with Crippen LogP contribution >= 0.6 is 11.6 Å². The van der Waals surface area contributed by atoms with Crippen LogP contribution in [0.25, 0.3) is 22.9 Å². The van der Waals surface area contributed by atoms with E-state index in [9.17, 15) is 18.4 Å². The quantitative estimate of drug-likeness (QED) is 0.250. The number of nitriles is 1. The van der Waals surface area contributed by atoms with Gasteiger partial charge in [0, 0.05) is 37.7 Å². The first-order valence-electron chi connectivity index (χ1n) is 13.0.